The molecule has 2 aliphatic rings. The summed E-state index contributed by atoms with van der Waals surface area (Å²) in [5.41, 5.74) is 0.549. The van der Waals surface area contributed by atoms with Crippen LogP contribution < -0.4 is 10.1 Å². The van der Waals surface area contributed by atoms with Crippen LogP contribution in [0.15, 0.2) is 30.9 Å². The van der Waals surface area contributed by atoms with Gasteiger partial charge in [-0.2, -0.15) is 0 Å². The van der Waals surface area contributed by atoms with Crippen LogP contribution in [-0.4, -0.2) is 59.7 Å². The number of rotatable bonds is 8. The molecule has 8 nitrogen and oxygen atoms in total. The number of aryl methyl sites for hydroxylation is 1. The average Bonchev–Trinajstić information content (AvgIpc) is 3.37. The van der Waals surface area contributed by atoms with E-state index >= 15 is 0 Å². The molecule has 29 heavy (non-hydrogen) atoms. The topological polar surface area (TPSA) is 96.0 Å². The molecule has 1 saturated heterocycles. The zero-order valence-corrected chi connectivity index (χ0v) is 16.9. The Morgan fingerprint density at radius 2 is 2.03 bits per heavy atom. The number of anilines is 1. The van der Waals surface area contributed by atoms with Crippen LogP contribution in [0.4, 0.5) is 10.5 Å². The molecule has 1 aliphatic heterocycles. The first kappa shape index (κ1) is 20.6. The standard InChI is InChI=1S/C21H25N3O5/c1-5-10-23-12-16(25)24(20(23)28)17(18(26)21(3)8-9-21)19(27)22-14-11-13(2)6-7-15(14)29-4/h5-7,11,17H,1,8-10,12H2,2-4H3,(H,22,27). The van der Waals surface area contributed by atoms with Gasteiger partial charge in [-0.25, -0.2) is 9.69 Å². The minimum Gasteiger partial charge on any atom is -0.495 e. The Morgan fingerprint density at radius 1 is 1.34 bits per heavy atom. The first-order chi connectivity index (χ1) is 13.7. The van der Waals surface area contributed by atoms with Crippen LogP contribution in [0.3, 0.4) is 0 Å². The van der Waals surface area contributed by atoms with Gasteiger partial charge in [0.05, 0.1) is 12.8 Å². The maximum absolute atomic E-state index is 13.2. The van der Waals surface area contributed by atoms with Gasteiger partial charge in [0.2, 0.25) is 0 Å². The monoisotopic (exact) mass is 399 g/mol. The number of hydrogen-bond acceptors (Lipinski definition) is 5. The van der Waals surface area contributed by atoms with E-state index in [2.05, 4.69) is 11.9 Å². The van der Waals surface area contributed by atoms with Crippen molar-refractivity contribution in [3.63, 3.8) is 0 Å². The molecule has 1 N–H and O–H groups in total. The largest absolute Gasteiger partial charge is 0.495 e. The summed E-state index contributed by atoms with van der Waals surface area (Å²) in [5.74, 6) is -1.32. The second kappa shape index (κ2) is 7.69. The third kappa shape index (κ3) is 3.87. The number of nitrogens with one attached hydrogen (secondary N) is 1. The number of nitrogens with zero attached hydrogens (tertiary/aromatic N) is 2. The number of imide groups is 1. The Bertz CT molecular complexity index is 890. The fraction of sp³-hybridized carbons (Fsp3) is 0.429. The second-order valence-corrected chi connectivity index (χ2v) is 7.74. The number of hydrogen-bond donors (Lipinski definition) is 1. The van der Waals surface area contributed by atoms with E-state index in [9.17, 15) is 19.2 Å². The van der Waals surface area contributed by atoms with E-state index in [0.717, 1.165) is 10.5 Å². The van der Waals surface area contributed by atoms with Crippen LogP contribution in [-0.2, 0) is 14.4 Å². The Morgan fingerprint density at radius 3 is 2.62 bits per heavy atom. The summed E-state index contributed by atoms with van der Waals surface area (Å²) < 4.78 is 5.27. The fourth-order valence-corrected chi connectivity index (χ4v) is 3.36. The van der Waals surface area contributed by atoms with Gasteiger partial charge in [-0.05, 0) is 37.5 Å². The number of carbonyl (C=O) groups excluding carboxylic acids is 4. The lowest BCUT2D eigenvalue weighted by atomic mass is 9.95. The molecule has 154 valence electrons. The highest BCUT2D eigenvalue weighted by Gasteiger charge is 2.55. The van der Waals surface area contributed by atoms with Crippen LogP contribution in [0.2, 0.25) is 0 Å². The van der Waals surface area contributed by atoms with Gasteiger partial charge in [0.1, 0.15) is 12.3 Å². The van der Waals surface area contributed by atoms with Gasteiger partial charge in [0.15, 0.2) is 11.8 Å². The maximum Gasteiger partial charge on any atom is 0.328 e. The summed E-state index contributed by atoms with van der Waals surface area (Å²) in [6.45, 7) is 7.14. The van der Waals surface area contributed by atoms with Crippen LogP contribution in [0.5, 0.6) is 5.75 Å². The lowest BCUT2D eigenvalue weighted by molar-refractivity contribution is -0.141. The predicted octanol–water partition coefficient (Wildman–Crippen LogP) is 2.13. The summed E-state index contributed by atoms with van der Waals surface area (Å²) in [6, 6.07) is 3.03. The fourth-order valence-electron chi connectivity index (χ4n) is 3.36. The number of methoxy groups -OCH3 is 1. The zero-order valence-electron chi connectivity index (χ0n) is 16.9. The summed E-state index contributed by atoms with van der Waals surface area (Å²) >= 11 is 0. The first-order valence-electron chi connectivity index (χ1n) is 9.43. The van der Waals surface area contributed by atoms with Gasteiger partial charge in [-0.1, -0.05) is 19.1 Å². The Balaban J connectivity index is 1.94. The maximum atomic E-state index is 13.2. The van der Waals surface area contributed by atoms with Gasteiger partial charge >= 0.3 is 6.03 Å². The van der Waals surface area contributed by atoms with Crippen LogP contribution in [0.25, 0.3) is 0 Å². The Hall–Kier alpha value is -3.16. The molecular weight excluding hydrogens is 374 g/mol. The molecule has 0 spiro atoms. The summed E-state index contributed by atoms with van der Waals surface area (Å²) in [4.78, 5) is 53.7. The van der Waals surface area contributed by atoms with E-state index in [4.69, 9.17) is 4.74 Å². The molecule has 0 radical (unpaired) electrons. The molecule has 8 heteroatoms. The number of amides is 4. The molecule has 1 heterocycles. The quantitative estimate of drug-likeness (QED) is 0.410. The van der Waals surface area contributed by atoms with Crippen molar-refractivity contribution in [3.8, 4) is 5.75 Å². The SMILES string of the molecule is C=CCN1CC(=O)N(C(C(=O)Nc2cc(C)ccc2OC)C(=O)C2(C)CC2)C1=O. The second-order valence-electron chi connectivity index (χ2n) is 7.74. The highest BCUT2D eigenvalue weighted by Crippen LogP contribution is 2.47. The molecule has 0 bridgehead atoms. The van der Waals surface area contributed by atoms with Gasteiger partial charge in [0, 0.05) is 12.0 Å². The van der Waals surface area contributed by atoms with Gasteiger partial charge in [-0.3, -0.25) is 14.4 Å². The van der Waals surface area contributed by atoms with Crippen molar-refractivity contribution in [1.82, 2.24) is 9.80 Å². The van der Waals surface area contributed by atoms with E-state index in [1.807, 2.05) is 13.0 Å². The lowest BCUT2D eigenvalue weighted by Gasteiger charge is -2.27. The van der Waals surface area contributed by atoms with E-state index in [-0.39, 0.29) is 13.1 Å². The van der Waals surface area contributed by atoms with Gasteiger partial charge < -0.3 is 15.0 Å². The summed E-state index contributed by atoms with van der Waals surface area (Å²) in [7, 11) is 1.47. The third-order valence-electron chi connectivity index (χ3n) is 5.38. The number of urea groups is 1. The van der Waals surface area contributed by atoms with E-state index < -0.39 is 35.1 Å². The first-order valence-corrected chi connectivity index (χ1v) is 9.43. The van der Waals surface area contributed by atoms with Crippen molar-refractivity contribution in [2.24, 2.45) is 5.41 Å². The zero-order chi connectivity index (χ0) is 21.3. The summed E-state index contributed by atoms with van der Waals surface area (Å²) in [5, 5.41) is 2.68. The van der Waals surface area contributed by atoms with Crippen molar-refractivity contribution in [2.75, 3.05) is 25.5 Å². The minimum atomic E-state index is -1.53. The van der Waals surface area contributed by atoms with Crippen molar-refractivity contribution >= 4 is 29.3 Å². The normalized spacial score (nSPS) is 18.4. The number of Topliss-reactive ketones (excluding diaryl/α,β-unsaturated/α-hetero) is 1. The average molecular weight is 399 g/mol. The molecule has 1 aromatic carbocycles. The highest BCUT2D eigenvalue weighted by molar-refractivity contribution is 6.19. The smallest absolute Gasteiger partial charge is 0.328 e. The molecular formula is C21H25N3O5. The molecule has 1 unspecified atom stereocenters. The van der Waals surface area contributed by atoms with Crippen LogP contribution in [0.1, 0.15) is 25.3 Å². The molecule has 0 aromatic heterocycles. The molecule has 1 saturated carbocycles. The van der Waals surface area contributed by atoms with Crippen LogP contribution >= 0.6 is 0 Å². The van der Waals surface area contributed by atoms with Gasteiger partial charge in [-0.15, -0.1) is 6.58 Å². The summed E-state index contributed by atoms with van der Waals surface area (Å²) in [6.07, 6.45) is 2.73. The molecule has 1 aliphatic carbocycles. The van der Waals surface area contributed by atoms with Crippen molar-refractivity contribution in [2.45, 2.75) is 32.7 Å². The number of ketones is 1. The van der Waals surface area contributed by atoms with Crippen molar-refractivity contribution in [1.29, 1.82) is 0 Å². The van der Waals surface area contributed by atoms with E-state index in [1.54, 1.807) is 19.1 Å². The third-order valence-corrected chi connectivity index (χ3v) is 5.38. The Kier molecular flexibility index (Phi) is 5.46. The highest BCUT2D eigenvalue weighted by atomic mass is 16.5. The molecule has 1 atom stereocenters. The predicted molar refractivity (Wildman–Crippen MR) is 107 cm³/mol. The lowest BCUT2D eigenvalue weighted by Crippen LogP contribution is -2.54. The molecule has 3 rings (SSSR count). The number of benzene rings is 1. The Labute approximate surface area is 169 Å². The van der Waals surface area contributed by atoms with Crippen molar-refractivity contribution in [3.05, 3.63) is 36.4 Å². The molecule has 4 amide bonds. The molecule has 2 fully saturated rings. The van der Waals surface area contributed by atoms with E-state index in [1.165, 1.54) is 18.1 Å². The van der Waals surface area contributed by atoms with Gasteiger partial charge in [0.25, 0.3) is 11.8 Å². The van der Waals surface area contributed by atoms with Crippen LogP contribution in [0, 0.1) is 12.3 Å². The minimum absolute atomic E-state index is 0.159. The van der Waals surface area contributed by atoms with E-state index in [0.29, 0.717) is 24.3 Å². The molecule has 1 aromatic rings. The number of ether oxygens (including phenoxy) is 1. The number of carbonyl (C=O) groups is 4. The van der Waals surface area contributed by atoms with Crippen molar-refractivity contribution < 1.29 is 23.9 Å².